The SMILES string of the molecule is CC(=O)Nc1ccc(NC(=O)CN2CCOC3(C/C=C/Cc4ccccc4OCCNC3=O)C2)cc1. The van der Waals surface area contributed by atoms with Gasteiger partial charge in [-0.25, -0.2) is 0 Å². The fraction of sp³-hybridized carbons (Fsp3) is 0.370. The number of benzene rings is 2. The van der Waals surface area contributed by atoms with Crippen molar-refractivity contribution in [2.75, 3.05) is 50.0 Å². The monoisotopic (exact) mass is 492 g/mol. The highest BCUT2D eigenvalue weighted by atomic mass is 16.5. The van der Waals surface area contributed by atoms with Gasteiger partial charge in [0, 0.05) is 37.8 Å². The molecule has 1 saturated heterocycles. The van der Waals surface area contributed by atoms with Crippen molar-refractivity contribution >= 4 is 29.1 Å². The zero-order valence-corrected chi connectivity index (χ0v) is 20.4. The first-order valence-corrected chi connectivity index (χ1v) is 12.1. The number of para-hydroxylation sites is 1. The van der Waals surface area contributed by atoms with E-state index in [1.54, 1.807) is 24.3 Å². The molecule has 4 rings (SSSR count). The topological polar surface area (TPSA) is 109 Å². The molecule has 3 amide bonds. The molecule has 9 nitrogen and oxygen atoms in total. The standard InChI is InChI=1S/C27H32N4O5/c1-20(32)29-22-9-11-23(12-10-22)30-25(33)18-31-15-17-36-27(19-31)13-5-4-7-21-6-2-3-8-24(21)35-16-14-28-26(27)34/h2-6,8-12H,7,13-19H2,1H3,(H,28,34)(H,29,32)(H,30,33)/b5-4+. The first kappa shape index (κ1) is 25.4. The molecule has 2 heterocycles. The summed E-state index contributed by atoms with van der Waals surface area (Å²) in [5.74, 6) is 0.273. The number of morpholine rings is 1. The van der Waals surface area contributed by atoms with Crippen molar-refractivity contribution in [3.8, 4) is 5.75 Å². The van der Waals surface area contributed by atoms with Crippen molar-refractivity contribution in [1.82, 2.24) is 10.2 Å². The van der Waals surface area contributed by atoms with Crippen LogP contribution in [0.1, 0.15) is 18.9 Å². The average molecular weight is 493 g/mol. The van der Waals surface area contributed by atoms with Crippen LogP contribution < -0.4 is 20.7 Å². The van der Waals surface area contributed by atoms with Gasteiger partial charge in [0.2, 0.25) is 11.8 Å². The molecule has 0 bridgehead atoms. The minimum atomic E-state index is -1.08. The number of carbonyl (C=O) groups excluding carboxylic acids is 3. The molecular weight excluding hydrogens is 460 g/mol. The summed E-state index contributed by atoms with van der Waals surface area (Å²) in [4.78, 5) is 39.0. The van der Waals surface area contributed by atoms with Crippen LogP contribution in [-0.4, -0.2) is 67.6 Å². The van der Waals surface area contributed by atoms with Gasteiger partial charge in [0.15, 0.2) is 5.60 Å². The number of nitrogens with one attached hydrogen (secondary N) is 3. The van der Waals surface area contributed by atoms with Crippen LogP contribution in [0.25, 0.3) is 0 Å². The maximum absolute atomic E-state index is 13.2. The number of allylic oxidation sites excluding steroid dienone is 1. The number of ether oxygens (including phenoxy) is 2. The molecule has 0 aromatic heterocycles. The zero-order chi connectivity index (χ0) is 25.4. The Kier molecular flexibility index (Phi) is 8.35. The molecule has 1 spiro atoms. The quantitative estimate of drug-likeness (QED) is 0.566. The molecule has 0 aliphatic carbocycles. The Morgan fingerprint density at radius 3 is 2.56 bits per heavy atom. The van der Waals surface area contributed by atoms with Crippen molar-refractivity contribution in [3.05, 3.63) is 66.2 Å². The minimum Gasteiger partial charge on any atom is -0.491 e. The first-order valence-electron chi connectivity index (χ1n) is 12.1. The van der Waals surface area contributed by atoms with Crippen LogP contribution in [0.5, 0.6) is 5.75 Å². The van der Waals surface area contributed by atoms with Crippen molar-refractivity contribution in [3.63, 3.8) is 0 Å². The Balaban J connectivity index is 1.39. The van der Waals surface area contributed by atoms with Crippen LogP contribution in [0.2, 0.25) is 0 Å². The lowest BCUT2D eigenvalue weighted by Gasteiger charge is -2.41. The van der Waals surface area contributed by atoms with E-state index in [-0.39, 0.29) is 24.3 Å². The lowest BCUT2D eigenvalue weighted by Crippen LogP contribution is -2.60. The fourth-order valence-corrected chi connectivity index (χ4v) is 4.37. The molecule has 9 heteroatoms. The molecule has 2 aromatic rings. The Labute approximate surface area is 210 Å². The summed E-state index contributed by atoms with van der Waals surface area (Å²) in [6, 6.07) is 14.8. The molecule has 0 radical (unpaired) electrons. The van der Waals surface area contributed by atoms with Crippen molar-refractivity contribution in [2.45, 2.75) is 25.4 Å². The number of amides is 3. The second-order valence-corrected chi connectivity index (χ2v) is 8.95. The number of carbonyl (C=O) groups is 3. The van der Waals surface area contributed by atoms with E-state index in [1.165, 1.54) is 6.92 Å². The summed E-state index contributed by atoms with van der Waals surface area (Å²) >= 11 is 0. The fourth-order valence-electron chi connectivity index (χ4n) is 4.37. The predicted octanol–water partition coefficient (Wildman–Crippen LogP) is 2.35. The maximum atomic E-state index is 13.2. The third kappa shape index (κ3) is 6.71. The van der Waals surface area contributed by atoms with Gasteiger partial charge in [-0.1, -0.05) is 30.4 Å². The largest absolute Gasteiger partial charge is 0.491 e. The lowest BCUT2D eigenvalue weighted by molar-refractivity contribution is -0.160. The minimum absolute atomic E-state index is 0.131. The van der Waals surface area contributed by atoms with Crippen LogP contribution in [0.4, 0.5) is 11.4 Å². The van der Waals surface area contributed by atoms with Gasteiger partial charge in [0.25, 0.3) is 5.91 Å². The van der Waals surface area contributed by atoms with E-state index in [9.17, 15) is 14.4 Å². The van der Waals surface area contributed by atoms with E-state index in [2.05, 4.69) is 16.0 Å². The van der Waals surface area contributed by atoms with Gasteiger partial charge in [0.05, 0.1) is 19.7 Å². The molecule has 1 unspecified atom stereocenters. The number of nitrogens with zero attached hydrogens (tertiary/aromatic N) is 1. The van der Waals surface area contributed by atoms with Crippen molar-refractivity contribution < 1.29 is 23.9 Å². The molecule has 1 fully saturated rings. The third-order valence-electron chi connectivity index (χ3n) is 6.10. The number of fused-ring (bicyclic) bond motifs is 1. The van der Waals surface area contributed by atoms with E-state index < -0.39 is 5.60 Å². The summed E-state index contributed by atoms with van der Waals surface area (Å²) in [7, 11) is 0. The highest BCUT2D eigenvalue weighted by Gasteiger charge is 2.43. The Morgan fingerprint density at radius 1 is 1.03 bits per heavy atom. The van der Waals surface area contributed by atoms with Gasteiger partial charge in [-0.15, -0.1) is 0 Å². The van der Waals surface area contributed by atoms with Gasteiger partial charge >= 0.3 is 0 Å². The smallest absolute Gasteiger partial charge is 0.254 e. The van der Waals surface area contributed by atoms with Crippen LogP contribution in [0.3, 0.4) is 0 Å². The van der Waals surface area contributed by atoms with E-state index >= 15 is 0 Å². The highest BCUT2D eigenvalue weighted by molar-refractivity contribution is 5.93. The number of rotatable bonds is 4. The van der Waals surface area contributed by atoms with E-state index in [0.717, 1.165) is 11.3 Å². The van der Waals surface area contributed by atoms with Gasteiger partial charge < -0.3 is 25.4 Å². The number of hydrogen-bond donors (Lipinski definition) is 3. The average Bonchev–Trinajstić information content (AvgIpc) is 2.85. The second kappa shape index (κ2) is 11.8. The van der Waals surface area contributed by atoms with Crippen molar-refractivity contribution in [1.29, 1.82) is 0 Å². The first-order chi connectivity index (χ1) is 17.4. The Morgan fingerprint density at radius 2 is 1.78 bits per heavy atom. The van der Waals surface area contributed by atoms with E-state index in [0.29, 0.717) is 57.1 Å². The summed E-state index contributed by atoms with van der Waals surface area (Å²) in [5.41, 5.74) is 1.30. The van der Waals surface area contributed by atoms with Crippen LogP contribution >= 0.6 is 0 Å². The molecule has 2 aliphatic heterocycles. The van der Waals surface area contributed by atoms with Gasteiger partial charge in [0.1, 0.15) is 12.4 Å². The molecule has 0 saturated carbocycles. The third-order valence-corrected chi connectivity index (χ3v) is 6.10. The maximum Gasteiger partial charge on any atom is 0.254 e. The summed E-state index contributed by atoms with van der Waals surface area (Å²) in [6.45, 7) is 3.48. The van der Waals surface area contributed by atoms with E-state index in [4.69, 9.17) is 9.47 Å². The van der Waals surface area contributed by atoms with Crippen molar-refractivity contribution in [2.24, 2.45) is 0 Å². The van der Waals surface area contributed by atoms with Gasteiger partial charge in [-0.05, 0) is 42.3 Å². The normalized spacial score (nSPS) is 21.6. The molecule has 1 atom stereocenters. The zero-order valence-electron chi connectivity index (χ0n) is 20.4. The molecule has 3 N–H and O–H groups in total. The van der Waals surface area contributed by atoms with Crippen LogP contribution in [0, 0.1) is 0 Å². The van der Waals surface area contributed by atoms with Gasteiger partial charge in [-0.2, -0.15) is 0 Å². The number of hydrogen-bond acceptors (Lipinski definition) is 6. The lowest BCUT2D eigenvalue weighted by atomic mass is 9.94. The predicted molar refractivity (Wildman–Crippen MR) is 137 cm³/mol. The molecule has 2 aliphatic rings. The summed E-state index contributed by atoms with van der Waals surface area (Å²) in [6.07, 6.45) is 5.10. The highest BCUT2D eigenvalue weighted by Crippen LogP contribution is 2.25. The summed E-state index contributed by atoms with van der Waals surface area (Å²) in [5, 5.41) is 8.51. The van der Waals surface area contributed by atoms with Crippen LogP contribution in [-0.2, 0) is 25.5 Å². The number of anilines is 2. The molecule has 2 aromatic carbocycles. The molecule has 36 heavy (non-hydrogen) atoms. The van der Waals surface area contributed by atoms with Gasteiger partial charge in [-0.3, -0.25) is 19.3 Å². The Bertz CT molecular complexity index is 1120. The molecule has 190 valence electrons. The molecular formula is C27H32N4O5. The second-order valence-electron chi connectivity index (χ2n) is 8.95. The summed E-state index contributed by atoms with van der Waals surface area (Å²) < 4.78 is 11.9. The Hall–Kier alpha value is -3.69. The van der Waals surface area contributed by atoms with Crippen LogP contribution in [0.15, 0.2) is 60.7 Å². The van der Waals surface area contributed by atoms with E-state index in [1.807, 2.05) is 41.3 Å².